The molecule has 1 N–H and O–H groups in total. The molecule has 0 aliphatic carbocycles. The van der Waals surface area contributed by atoms with Crippen molar-refractivity contribution in [3.8, 4) is 5.75 Å². The van der Waals surface area contributed by atoms with Gasteiger partial charge in [-0.05, 0) is 12.1 Å². The number of benzene rings is 1. The van der Waals surface area contributed by atoms with E-state index in [-0.39, 0.29) is 0 Å². The van der Waals surface area contributed by atoms with Crippen molar-refractivity contribution in [2.75, 3.05) is 5.32 Å². The second-order valence-electron chi connectivity index (χ2n) is 4.89. The minimum absolute atomic E-state index is 0.393. The lowest BCUT2D eigenvalue weighted by Crippen LogP contribution is -2.33. The normalized spacial score (nSPS) is 11.9. The smallest absolute Gasteiger partial charge is 0.426 e. The number of anilines is 1. The number of halogens is 7. The maximum Gasteiger partial charge on any atom is 0.461 e. The van der Waals surface area contributed by atoms with E-state index >= 15 is 0 Å². The molecule has 142 valence electrons. The fourth-order valence-corrected chi connectivity index (χ4v) is 1.92. The second kappa shape index (κ2) is 7.22. The van der Waals surface area contributed by atoms with E-state index in [1.54, 1.807) is 0 Å². The van der Waals surface area contributed by atoms with E-state index in [2.05, 4.69) is 9.84 Å². The summed E-state index contributed by atoms with van der Waals surface area (Å²) < 4.78 is 94.5. The molecule has 0 atom stereocenters. The largest absolute Gasteiger partial charge is 0.461 e. The Morgan fingerprint density at radius 3 is 2.42 bits per heavy atom. The highest BCUT2D eigenvalue weighted by molar-refractivity contribution is 6.05. The van der Waals surface area contributed by atoms with E-state index < -0.39 is 53.5 Å². The summed E-state index contributed by atoms with van der Waals surface area (Å²) in [7, 11) is 0.970. The molecule has 0 spiro atoms. The molecular formula is C14H10F7N3O2. The molecule has 26 heavy (non-hydrogen) atoms. The average molecular weight is 385 g/mol. The van der Waals surface area contributed by atoms with Crippen LogP contribution in [0.4, 0.5) is 36.4 Å². The van der Waals surface area contributed by atoms with Crippen LogP contribution in [0.15, 0.2) is 24.3 Å². The first-order chi connectivity index (χ1) is 12.0. The Balaban J connectivity index is 2.34. The minimum atomic E-state index is -4.87. The molecule has 0 bridgehead atoms. The Hall–Kier alpha value is -2.79. The molecule has 0 radical (unpaired) electrons. The van der Waals surface area contributed by atoms with Gasteiger partial charge in [-0.3, -0.25) is 4.79 Å². The Bertz CT molecular complexity index is 808. The van der Waals surface area contributed by atoms with Crippen LogP contribution in [-0.2, 0) is 7.05 Å². The molecule has 0 fully saturated rings. The number of nitrogens with zero attached hydrogens (tertiary/aromatic N) is 2. The fourth-order valence-electron chi connectivity index (χ4n) is 1.92. The molecule has 1 aromatic heterocycles. The number of aromatic nitrogens is 2. The van der Waals surface area contributed by atoms with Gasteiger partial charge < -0.3 is 10.1 Å². The zero-order chi connectivity index (χ0) is 19.6. The summed E-state index contributed by atoms with van der Waals surface area (Å²) in [4.78, 5) is 12.1. The summed E-state index contributed by atoms with van der Waals surface area (Å²) in [5, 5.41) is 5.03. The number of rotatable bonds is 6. The molecule has 0 unspecified atom stereocenters. The van der Waals surface area contributed by atoms with E-state index in [0.717, 1.165) is 25.2 Å². The van der Waals surface area contributed by atoms with Crippen molar-refractivity contribution in [3.05, 3.63) is 41.5 Å². The van der Waals surface area contributed by atoms with Crippen LogP contribution >= 0.6 is 0 Å². The second-order valence-corrected chi connectivity index (χ2v) is 4.89. The molecule has 0 saturated heterocycles. The number of carbonyl (C=O) groups excluding carboxylic acids is 1. The Morgan fingerprint density at radius 1 is 1.23 bits per heavy atom. The van der Waals surface area contributed by atoms with Gasteiger partial charge in [-0.15, -0.1) is 0 Å². The number of hydrogen-bond donors (Lipinski definition) is 1. The lowest BCUT2D eigenvalue weighted by molar-refractivity contribution is -0.252. The van der Waals surface area contributed by atoms with E-state index in [1.165, 1.54) is 6.07 Å². The van der Waals surface area contributed by atoms with Crippen molar-refractivity contribution in [1.29, 1.82) is 0 Å². The number of para-hydroxylation sites is 2. The number of amides is 1. The Kier molecular flexibility index (Phi) is 5.42. The van der Waals surface area contributed by atoms with Crippen molar-refractivity contribution in [2.45, 2.75) is 19.0 Å². The van der Waals surface area contributed by atoms with Crippen LogP contribution in [-0.4, -0.2) is 28.2 Å². The van der Waals surface area contributed by atoms with Gasteiger partial charge in [0.25, 0.3) is 12.3 Å². The number of hydrogen-bond acceptors (Lipinski definition) is 3. The van der Waals surface area contributed by atoms with Crippen LogP contribution in [0.5, 0.6) is 5.75 Å². The van der Waals surface area contributed by atoms with Crippen molar-refractivity contribution >= 4 is 11.6 Å². The minimum Gasteiger partial charge on any atom is -0.426 e. The lowest BCUT2D eigenvalue weighted by Gasteiger charge is -2.19. The summed E-state index contributed by atoms with van der Waals surface area (Å²) in [5.41, 5.74) is -2.84. The van der Waals surface area contributed by atoms with E-state index in [1.807, 2.05) is 5.32 Å². The van der Waals surface area contributed by atoms with Gasteiger partial charge >= 0.3 is 12.5 Å². The summed E-state index contributed by atoms with van der Waals surface area (Å²) in [5.74, 6) is -3.70. The molecule has 1 aromatic carbocycles. The SMILES string of the molecule is Cn1nc(C(F)F)c(C(=O)Nc2ccccc2OC(F)(F)C(F)F)c1F. The molecule has 1 amide bonds. The Morgan fingerprint density at radius 2 is 1.85 bits per heavy atom. The van der Waals surface area contributed by atoms with Gasteiger partial charge in [0, 0.05) is 7.05 Å². The molecule has 2 aromatic rings. The van der Waals surface area contributed by atoms with Crippen LogP contribution in [0.1, 0.15) is 22.5 Å². The van der Waals surface area contributed by atoms with Gasteiger partial charge in [0.2, 0.25) is 5.95 Å². The van der Waals surface area contributed by atoms with E-state index in [9.17, 15) is 35.5 Å². The highest BCUT2D eigenvalue weighted by Crippen LogP contribution is 2.33. The maximum absolute atomic E-state index is 13.9. The van der Waals surface area contributed by atoms with Crippen LogP contribution in [0, 0.1) is 5.95 Å². The first kappa shape index (κ1) is 19.5. The number of aryl methyl sites for hydroxylation is 1. The van der Waals surface area contributed by atoms with Gasteiger partial charge in [0.15, 0.2) is 0 Å². The summed E-state index contributed by atoms with van der Waals surface area (Å²) >= 11 is 0. The Labute approximate surface area is 141 Å². The molecule has 0 saturated carbocycles. The number of carbonyl (C=O) groups is 1. The summed E-state index contributed by atoms with van der Waals surface area (Å²) in [6.45, 7) is 0. The lowest BCUT2D eigenvalue weighted by atomic mass is 10.2. The molecule has 1 heterocycles. The molecule has 5 nitrogen and oxygen atoms in total. The van der Waals surface area contributed by atoms with E-state index in [4.69, 9.17) is 0 Å². The van der Waals surface area contributed by atoms with Crippen molar-refractivity contribution in [3.63, 3.8) is 0 Å². The first-order valence-corrected chi connectivity index (χ1v) is 6.80. The van der Waals surface area contributed by atoms with Crippen LogP contribution in [0.25, 0.3) is 0 Å². The van der Waals surface area contributed by atoms with Gasteiger partial charge in [0.1, 0.15) is 17.0 Å². The van der Waals surface area contributed by atoms with Crippen LogP contribution in [0.2, 0.25) is 0 Å². The van der Waals surface area contributed by atoms with Crippen molar-refractivity contribution < 1.29 is 40.3 Å². The quantitative estimate of drug-likeness (QED) is 0.766. The first-order valence-electron chi connectivity index (χ1n) is 6.80. The molecular weight excluding hydrogens is 375 g/mol. The third kappa shape index (κ3) is 3.89. The van der Waals surface area contributed by atoms with Crippen LogP contribution in [0.3, 0.4) is 0 Å². The third-order valence-corrected chi connectivity index (χ3v) is 3.07. The highest BCUT2D eigenvalue weighted by atomic mass is 19.3. The summed E-state index contributed by atoms with van der Waals surface area (Å²) in [6.07, 6.45) is -12.3. The number of ether oxygens (including phenoxy) is 1. The molecule has 0 aliphatic rings. The van der Waals surface area contributed by atoms with Gasteiger partial charge in [-0.25, -0.2) is 13.5 Å². The van der Waals surface area contributed by atoms with Crippen molar-refractivity contribution in [2.24, 2.45) is 7.05 Å². The standard InChI is InChI=1S/C14H10F7N3O2/c1-24-11(17)8(9(23-24)10(15)16)12(25)22-6-4-2-3-5-7(6)26-14(20,21)13(18)19/h2-5,10,13H,1H3,(H,22,25). The van der Waals surface area contributed by atoms with E-state index in [0.29, 0.717) is 4.68 Å². The monoisotopic (exact) mass is 385 g/mol. The van der Waals surface area contributed by atoms with Gasteiger partial charge in [-0.2, -0.15) is 27.1 Å². The van der Waals surface area contributed by atoms with Crippen LogP contribution < -0.4 is 10.1 Å². The average Bonchev–Trinajstić information content (AvgIpc) is 2.84. The molecule has 12 heteroatoms. The molecule has 0 aliphatic heterocycles. The zero-order valence-electron chi connectivity index (χ0n) is 12.8. The number of nitrogens with one attached hydrogen (secondary N) is 1. The van der Waals surface area contributed by atoms with Gasteiger partial charge in [-0.1, -0.05) is 12.1 Å². The topological polar surface area (TPSA) is 56.2 Å². The predicted molar refractivity (Wildman–Crippen MR) is 74.1 cm³/mol. The predicted octanol–water partition coefficient (Wildman–Crippen LogP) is 3.99. The summed E-state index contributed by atoms with van der Waals surface area (Å²) in [6, 6.07) is 4.17. The third-order valence-electron chi connectivity index (χ3n) is 3.07. The highest BCUT2D eigenvalue weighted by Gasteiger charge is 2.44. The number of alkyl halides is 6. The zero-order valence-corrected chi connectivity index (χ0v) is 12.8. The van der Waals surface area contributed by atoms with Crippen molar-refractivity contribution in [1.82, 2.24) is 9.78 Å². The fraction of sp³-hybridized carbons (Fsp3) is 0.286. The molecule has 2 rings (SSSR count). The van der Waals surface area contributed by atoms with Gasteiger partial charge in [0.05, 0.1) is 5.69 Å². The maximum atomic E-state index is 13.9.